The van der Waals surface area contributed by atoms with Gasteiger partial charge in [-0.15, -0.1) is 0 Å². The Bertz CT molecular complexity index is 1150. The molecular formula is C22H22ClN3O3. The van der Waals surface area contributed by atoms with Crippen molar-refractivity contribution in [3.63, 3.8) is 0 Å². The Hall–Kier alpha value is -2.99. The second-order valence-electron chi connectivity index (χ2n) is 7.04. The first-order valence-corrected chi connectivity index (χ1v) is 9.78. The first-order chi connectivity index (χ1) is 13.8. The molecule has 0 spiro atoms. The molecular weight excluding hydrogens is 390 g/mol. The number of nitrogens with one attached hydrogen (secondary N) is 1. The second-order valence-corrected chi connectivity index (χ2v) is 7.48. The minimum absolute atomic E-state index is 0.0235. The highest BCUT2D eigenvalue weighted by Crippen LogP contribution is 2.16. The summed E-state index contributed by atoms with van der Waals surface area (Å²) in [5.74, 6) is -0.662. The number of fused-ring (bicyclic) bond motifs is 1. The molecule has 1 N–H and O–H groups in total. The topological polar surface area (TPSA) is 81.1 Å². The molecule has 0 radical (unpaired) electrons. The summed E-state index contributed by atoms with van der Waals surface area (Å²) in [6.07, 6.45) is 2.21. The Morgan fingerprint density at radius 3 is 2.69 bits per heavy atom. The zero-order chi connectivity index (χ0) is 21.1. The standard InChI is InChI=1S/C22H22ClN3O3/c1-4-13(2)24-19(27)12-26-11-18(20(28)15-6-5-7-16(23)10-15)21(29)17-9-8-14(3)25-22(17)26/h5-11,13H,4,12H2,1-3H3,(H,24,27)/t13-/m0/s1. The molecule has 29 heavy (non-hydrogen) atoms. The SMILES string of the molecule is CC[C@H](C)NC(=O)Cn1cc(C(=O)c2cccc(Cl)c2)c(=O)c2ccc(C)nc21. The van der Waals surface area contributed by atoms with Gasteiger partial charge in [0.1, 0.15) is 12.2 Å². The van der Waals surface area contributed by atoms with E-state index >= 15 is 0 Å². The lowest BCUT2D eigenvalue weighted by molar-refractivity contribution is -0.122. The van der Waals surface area contributed by atoms with Gasteiger partial charge in [-0.05, 0) is 44.5 Å². The van der Waals surface area contributed by atoms with Gasteiger partial charge in [-0.1, -0.05) is 30.7 Å². The van der Waals surface area contributed by atoms with Crippen LogP contribution in [-0.4, -0.2) is 27.3 Å². The van der Waals surface area contributed by atoms with Crippen LogP contribution in [0.2, 0.25) is 5.02 Å². The van der Waals surface area contributed by atoms with Crippen LogP contribution in [0.4, 0.5) is 0 Å². The van der Waals surface area contributed by atoms with Crippen LogP contribution in [0.25, 0.3) is 11.0 Å². The number of ketones is 1. The van der Waals surface area contributed by atoms with Crippen LogP contribution in [0.1, 0.15) is 41.9 Å². The average molecular weight is 412 g/mol. The minimum Gasteiger partial charge on any atom is -0.352 e. The number of hydrogen-bond acceptors (Lipinski definition) is 4. The number of aryl methyl sites for hydroxylation is 1. The van der Waals surface area contributed by atoms with Crippen LogP contribution < -0.4 is 10.7 Å². The third-order valence-electron chi connectivity index (χ3n) is 4.73. The third kappa shape index (κ3) is 4.54. The van der Waals surface area contributed by atoms with Gasteiger partial charge in [0.2, 0.25) is 11.3 Å². The molecule has 1 aromatic carbocycles. The summed E-state index contributed by atoms with van der Waals surface area (Å²) in [5, 5.41) is 3.59. The number of rotatable bonds is 6. The molecule has 3 rings (SSSR count). The molecule has 0 aliphatic heterocycles. The van der Waals surface area contributed by atoms with Crippen LogP contribution in [0, 0.1) is 6.92 Å². The number of carbonyl (C=O) groups is 2. The maximum atomic E-state index is 13.0. The Kier molecular flexibility index (Phi) is 6.13. The summed E-state index contributed by atoms with van der Waals surface area (Å²) < 4.78 is 1.55. The van der Waals surface area contributed by atoms with Crippen LogP contribution in [0.15, 0.2) is 47.4 Å². The van der Waals surface area contributed by atoms with Crippen molar-refractivity contribution in [2.45, 2.75) is 39.8 Å². The van der Waals surface area contributed by atoms with E-state index in [2.05, 4.69) is 10.3 Å². The molecule has 0 aliphatic rings. The number of benzene rings is 1. The number of halogens is 1. The lowest BCUT2D eigenvalue weighted by atomic mass is 10.0. The minimum atomic E-state index is -0.448. The number of hydrogen-bond donors (Lipinski definition) is 1. The smallest absolute Gasteiger partial charge is 0.240 e. The Morgan fingerprint density at radius 1 is 1.24 bits per heavy atom. The lowest BCUT2D eigenvalue weighted by Crippen LogP contribution is -2.35. The first-order valence-electron chi connectivity index (χ1n) is 9.40. The van der Waals surface area contributed by atoms with Crippen LogP contribution in [-0.2, 0) is 11.3 Å². The molecule has 3 aromatic rings. The van der Waals surface area contributed by atoms with Crippen molar-refractivity contribution in [1.82, 2.24) is 14.9 Å². The van der Waals surface area contributed by atoms with Gasteiger partial charge in [-0.2, -0.15) is 0 Å². The molecule has 2 heterocycles. The van der Waals surface area contributed by atoms with Crippen molar-refractivity contribution in [3.05, 3.63) is 74.7 Å². The van der Waals surface area contributed by atoms with E-state index in [1.807, 2.05) is 13.8 Å². The molecule has 1 atom stereocenters. The van der Waals surface area contributed by atoms with Crippen molar-refractivity contribution < 1.29 is 9.59 Å². The fraction of sp³-hybridized carbons (Fsp3) is 0.273. The molecule has 0 saturated carbocycles. The summed E-state index contributed by atoms with van der Waals surface area (Å²) in [7, 11) is 0. The summed E-state index contributed by atoms with van der Waals surface area (Å²) in [6, 6.07) is 9.79. The van der Waals surface area contributed by atoms with E-state index in [1.165, 1.54) is 12.3 Å². The van der Waals surface area contributed by atoms with Gasteiger partial charge >= 0.3 is 0 Å². The molecule has 1 amide bonds. The molecule has 7 heteroatoms. The molecule has 0 bridgehead atoms. The average Bonchev–Trinajstić information content (AvgIpc) is 2.69. The zero-order valence-corrected chi connectivity index (χ0v) is 17.3. The first kappa shape index (κ1) is 20.7. The van der Waals surface area contributed by atoms with Gasteiger partial charge < -0.3 is 9.88 Å². The maximum Gasteiger partial charge on any atom is 0.240 e. The van der Waals surface area contributed by atoms with Crippen LogP contribution in [0.3, 0.4) is 0 Å². The molecule has 0 fully saturated rings. The molecule has 0 unspecified atom stereocenters. The predicted molar refractivity (Wildman–Crippen MR) is 114 cm³/mol. The highest BCUT2D eigenvalue weighted by molar-refractivity contribution is 6.31. The quantitative estimate of drug-likeness (QED) is 0.629. The Morgan fingerprint density at radius 2 is 2.00 bits per heavy atom. The predicted octanol–water partition coefficient (Wildman–Crippen LogP) is 3.50. The highest BCUT2D eigenvalue weighted by Gasteiger charge is 2.19. The monoisotopic (exact) mass is 411 g/mol. The number of pyridine rings is 2. The Labute approximate surface area is 173 Å². The van der Waals surface area contributed by atoms with Gasteiger partial charge in [0, 0.05) is 28.5 Å². The van der Waals surface area contributed by atoms with E-state index in [0.717, 1.165) is 6.42 Å². The highest BCUT2D eigenvalue weighted by atomic mass is 35.5. The zero-order valence-electron chi connectivity index (χ0n) is 16.5. The number of carbonyl (C=O) groups excluding carboxylic acids is 2. The summed E-state index contributed by atoms with van der Waals surface area (Å²) in [5.41, 5.74) is 0.946. The summed E-state index contributed by atoms with van der Waals surface area (Å²) in [6.45, 7) is 5.65. The third-order valence-corrected chi connectivity index (χ3v) is 4.96. The van der Waals surface area contributed by atoms with Gasteiger partial charge in [-0.25, -0.2) is 4.98 Å². The van der Waals surface area contributed by atoms with Gasteiger partial charge in [-0.3, -0.25) is 14.4 Å². The van der Waals surface area contributed by atoms with Crippen molar-refractivity contribution >= 4 is 34.3 Å². The molecule has 0 saturated heterocycles. The molecule has 6 nitrogen and oxygen atoms in total. The van der Waals surface area contributed by atoms with E-state index in [4.69, 9.17) is 11.6 Å². The lowest BCUT2D eigenvalue weighted by Gasteiger charge is -2.15. The molecule has 150 valence electrons. The Balaban J connectivity index is 2.13. The summed E-state index contributed by atoms with van der Waals surface area (Å²) >= 11 is 5.99. The van der Waals surface area contributed by atoms with Gasteiger partial charge in [0.15, 0.2) is 5.78 Å². The van der Waals surface area contributed by atoms with Crippen molar-refractivity contribution in [2.24, 2.45) is 0 Å². The number of nitrogens with zero attached hydrogens (tertiary/aromatic N) is 2. The van der Waals surface area contributed by atoms with E-state index < -0.39 is 11.2 Å². The number of amides is 1. The number of aromatic nitrogens is 2. The van der Waals surface area contributed by atoms with Gasteiger partial charge in [0.05, 0.1) is 10.9 Å². The van der Waals surface area contributed by atoms with Crippen LogP contribution >= 0.6 is 11.6 Å². The van der Waals surface area contributed by atoms with Crippen LogP contribution in [0.5, 0.6) is 0 Å². The van der Waals surface area contributed by atoms with Crippen molar-refractivity contribution in [1.29, 1.82) is 0 Å². The van der Waals surface area contributed by atoms with E-state index in [0.29, 0.717) is 27.3 Å². The van der Waals surface area contributed by atoms with E-state index in [-0.39, 0.29) is 24.1 Å². The second kappa shape index (κ2) is 8.57. The molecule has 0 aliphatic carbocycles. The molecule has 2 aromatic heterocycles. The fourth-order valence-corrected chi connectivity index (χ4v) is 3.19. The van der Waals surface area contributed by atoms with E-state index in [1.54, 1.807) is 41.8 Å². The fourth-order valence-electron chi connectivity index (χ4n) is 3.00. The van der Waals surface area contributed by atoms with Gasteiger partial charge in [0.25, 0.3) is 0 Å². The van der Waals surface area contributed by atoms with E-state index in [9.17, 15) is 14.4 Å². The normalized spacial score (nSPS) is 12.0. The largest absolute Gasteiger partial charge is 0.352 e. The summed E-state index contributed by atoms with van der Waals surface area (Å²) in [4.78, 5) is 42.9. The van der Waals surface area contributed by atoms with Crippen molar-refractivity contribution in [3.8, 4) is 0 Å². The maximum absolute atomic E-state index is 13.0. The van der Waals surface area contributed by atoms with Crippen molar-refractivity contribution in [2.75, 3.05) is 0 Å².